The van der Waals surface area contributed by atoms with Crippen LogP contribution in [0.3, 0.4) is 0 Å². The average Bonchev–Trinajstić information content (AvgIpc) is 3.06. The minimum absolute atomic E-state index is 0.0217. The van der Waals surface area contributed by atoms with E-state index in [9.17, 15) is 14.0 Å². The maximum Gasteiger partial charge on any atom is 0.360 e. The van der Waals surface area contributed by atoms with Crippen LogP contribution in [-0.2, 0) is 16.0 Å². The van der Waals surface area contributed by atoms with Gasteiger partial charge in [-0.15, -0.1) is 0 Å². The maximum absolute atomic E-state index is 13.0. The molecule has 2 rings (SSSR count). The van der Waals surface area contributed by atoms with E-state index in [1.165, 1.54) is 43.4 Å². The van der Waals surface area contributed by atoms with Gasteiger partial charge in [-0.05, 0) is 24.3 Å². The lowest BCUT2D eigenvalue weighted by molar-refractivity contribution is 0.0594. The highest BCUT2D eigenvalue weighted by Gasteiger charge is 2.20. The fourth-order valence-corrected chi connectivity index (χ4v) is 1.97. The smallest absolute Gasteiger partial charge is 0.360 e. The van der Waals surface area contributed by atoms with E-state index in [0.717, 1.165) is 6.26 Å². The molecule has 0 saturated heterocycles. The molecule has 128 valence electrons. The van der Waals surface area contributed by atoms with Crippen LogP contribution in [0.25, 0.3) is 0 Å². The molecule has 8 heteroatoms. The van der Waals surface area contributed by atoms with E-state index >= 15 is 0 Å². The van der Waals surface area contributed by atoms with Crippen molar-refractivity contribution in [2.75, 3.05) is 27.4 Å². The molecule has 24 heavy (non-hydrogen) atoms. The van der Waals surface area contributed by atoms with Gasteiger partial charge in [-0.25, -0.2) is 14.2 Å². The highest BCUT2D eigenvalue weighted by atomic mass is 19.1. The molecule has 2 aromatic rings. The summed E-state index contributed by atoms with van der Waals surface area (Å²) in [5.41, 5.74) is 0.348. The Morgan fingerprint density at radius 3 is 2.58 bits per heavy atom. The molecule has 0 fully saturated rings. The van der Waals surface area contributed by atoms with Crippen LogP contribution in [0.2, 0.25) is 0 Å². The SMILES string of the molecule is COCCN(Cc1nc(C(=O)OC)co1)C(=O)c1ccc(F)cc1. The number of ether oxygens (including phenoxy) is 2. The summed E-state index contributed by atoms with van der Waals surface area (Å²) in [4.78, 5) is 29.4. The van der Waals surface area contributed by atoms with Crippen LogP contribution in [0.5, 0.6) is 0 Å². The first kappa shape index (κ1) is 17.6. The number of aromatic nitrogens is 1. The van der Waals surface area contributed by atoms with Gasteiger partial charge in [0.05, 0.1) is 20.3 Å². The molecule has 1 heterocycles. The van der Waals surface area contributed by atoms with Crippen LogP contribution >= 0.6 is 0 Å². The van der Waals surface area contributed by atoms with E-state index < -0.39 is 11.8 Å². The molecule has 1 aromatic heterocycles. The van der Waals surface area contributed by atoms with Crippen LogP contribution in [0.15, 0.2) is 34.9 Å². The minimum atomic E-state index is -0.627. The Kier molecular flexibility index (Phi) is 6.02. The number of carbonyl (C=O) groups excluding carboxylic acids is 2. The van der Waals surface area contributed by atoms with Gasteiger partial charge in [0.1, 0.15) is 12.1 Å². The quantitative estimate of drug-likeness (QED) is 0.718. The lowest BCUT2D eigenvalue weighted by Gasteiger charge is -2.20. The Morgan fingerprint density at radius 1 is 1.25 bits per heavy atom. The van der Waals surface area contributed by atoms with E-state index in [1.807, 2.05) is 0 Å². The minimum Gasteiger partial charge on any atom is -0.464 e. The van der Waals surface area contributed by atoms with Gasteiger partial charge in [0.2, 0.25) is 5.89 Å². The molecule has 0 spiro atoms. The van der Waals surface area contributed by atoms with Crippen LogP contribution in [0, 0.1) is 5.82 Å². The van der Waals surface area contributed by atoms with Crippen molar-refractivity contribution >= 4 is 11.9 Å². The molecule has 1 amide bonds. The van der Waals surface area contributed by atoms with Crippen LogP contribution in [-0.4, -0.2) is 49.1 Å². The number of hydrogen-bond acceptors (Lipinski definition) is 6. The molecule has 0 N–H and O–H groups in total. The van der Waals surface area contributed by atoms with Crippen molar-refractivity contribution in [3.8, 4) is 0 Å². The van der Waals surface area contributed by atoms with Gasteiger partial charge < -0.3 is 18.8 Å². The summed E-state index contributed by atoms with van der Waals surface area (Å²) in [6.45, 7) is 0.622. The first-order chi connectivity index (χ1) is 11.5. The van der Waals surface area contributed by atoms with E-state index in [1.54, 1.807) is 0 Å². The number of halogens is 1. The number of rotatable bonds is 7. The van der Waals surface area contributed by atoms with Crippen molar-refractivity contribution in [1.29, 1.82) is 0 Å². The van der Waals surface area contributed by atoms with Gasteiger partial charge in [-0.2, -0.15) is 0 Å². The summed E-state index contributed by atoms with van der Waals surface area (Å²) >= 11 is 0. The second-order valence-electron chi connectivity index (χ2n) is 4.84. The Labute approximate surface area is 138 Å². The third-order valence-electron chi connectivity index (χ3n) is 3.22. The molecule has 0 aliphatic heterocycles. The largest absolute Gasteiger partial charge is 0.464 e. The van der Waals surface area contributed by atoms with Gasteiger partial charge in [0, 0.05) is 19.2 Å². The van der Waals surface area contributed by atoms with Crippen molar-refractivity contribution in [3.05, 3.63) is 53.5 Å². The van der Waals surface area contributed by atoms with Gasteiger partial charge in [0.15, 0.2) is 5.69 Å². The zero-order valence-electron chi connectivity index (χ0n) is 13.3. The number of hydrogen-bond donors (Lipinski definition) is 0. The number of nitrogens with zero attached hydrogens (tertiary/aromatic N) is 2. The number of esters is 1. The normalized spacial score (nSPS) is 10.5. The first-order valence-corrected chi connectivity index (χ1v) is 7.11. The molecule has 0 atom stereocenters. The standard InChI is InChI=1S/C16H17FN2O5/c1-22-8-7-19(15(20)11-3-5-12(17)6-4-11)9-14-18-13(10-24-14)16(21)23-2/h3-6,10H,7-9H2,1-2H3. The van der Waals surface area contributed by atoms with Crippen molar-refractivity contribution in [2.45, 2.75) is 6.54 Å². The predicted molar refractivity (Wildman–Crippen MR) is 80.9 cm³/mol. The highest BCUT2D eigenvalue weighted by molar-refractivity contribution is 5.94. The third kappa shape index (κ3) is 4.39. The monoisotopic (exact) mass is 336 g/mol. The van der Waals surface area contributed by atoms with Gasteiger partial charge >= 0.3 is 5.97 Å². The zero-order valence-corrected chi connectivity index (χ0v) is 13.3. The molecule has 7 nitrogen and oxygen atoms in total. The van der Waals surface area contributed by atoms with Gasteiger partial charge in [-0.3, -0.25) is 4.79 Å². The van der Waals surface area contributed by atoms with Crippen molar-refractivity contribution in [2.24, 2.45) is 0 Å². The Balaban J connectivity index is 2.15. The number of benzene rings is 1. The molecular formula is C16H17FN2O5. The summed E-state index contributed by atoms with van der Waals surface area (Å²) in [5.74, 6) is -1.20. The zero-order chi connectivity index (χ0) is 17.5. The molecule has 1 aromatic carbocycles. The predicted octanol–water partition coefficient (Wildman–Crippen LogP) is 1.89. The molecular weight excluding hydrogens is 319 g/mol. The fraction of sp³-hybridized carbons (Fsp3) is 0.312. The van der Waals surface area contributed by atoms with E-state index in [-0.39, 0.29) is 30.6 Å². The van der Waals surface area contributed by atoms with Crippen molar-refractivity contribution < 1.29 is 27.9 Å². The maximum atomic E-state index is 13.0. The Morgan fingerprint density at radius 2 is 1.96 bits per heavy atom. The number of methoxy groups -OCH3 is 2. The van der Waals surface area contributed by atoms with Crippen LogP contribution < -0.4 is 0 Å². The lowest BCUT2D eigenvalue weighted by Crippen LogP contribution is -2.33. The van der Waals surface area contributed by atoms with Crippen LogP contribution in [0.1, 0.15) is 26.7 Å². The van der Waals surface area contributed by atoms with E-state index in [0.29, 0.717) is 12.2 Å². The number of amides is 1. The molecule has 0 unspecified atom stereocenters. The Hall–Kier alpha value is -2.74. The molecule has 0 bridgehead atoms. The van der Waals surface area contributed by atoms with Gasteiger partial charge in [0.25, 0.3) is 5.91 Å². The van der Waals surface area contributed by atoms with Crippen molar-refractivity contribution in [3.63, 3.8) is 0 Å². The summed E-state index contributed by atoms with van der Waals surface area (Å²) in [7, 11) is 2.75. The van der Waals surface area contributed by atoms with Crippen molar-refractivity contribution in [1.82, 2.24) is 9.88 Å². The molecule has 0 radical (unpaired) electrons. The summed E-state index contributed by atoms with van der Waals surface area (Å²) < 4.78 is 27.7. The number of oxazole rings is 1. The summed E-state index contributed by atoms with van der Waals surface area (Å²) in [6.07, 6.45) is 1.16. The second kappa shape index (κ2) is 8.21. The highest BCUT2D eigenvalue weighted by Crippen LogP contribution is 2.12. The third-order valence-corrected chi connectivity index (χ3v) is 3.22. The average molecular weight is 336 g/mol. The second-order valence-corrected chi connectivity index (χ2v) is 4.84. The summed E-state index contributed by atoms with van der Waals surface area (Å²) in [5, 5.41) is 0. The Bertz CT molecular complexity index is 699. The molecule has 0 saturated carbocycles. The van der Waals surface area contributed by atoms with Gasteiger partial charge in [-0.1, -0.05) is 0 Å². The summed E-state index contributed by atoms with van der Waals surface area (Å²) in [6, 6.07) is 5.21. The fourth-order valence-electron chi connectivity index (χ4n) is 1.97. The topological polar surface area (TPSA) is 81.9 Å². The molecule has 0 aliphatic carbocycles. The first-order valence-electron chi connectivity index (χ1n) is 7.11. The van der Waals surface area contributed by atoms with E-state index in [2.05, 4.69) is 9.72 Å². The van der Waals surface area contributed by atoms with Crippen LogP contribution in [0.4, 0.5) is 4.39 Å². The lowest BCUT2D eigenvalue weighted by atomic mass is 10.2. The van der Waals surface area contributed by atoms with E-state index in [4.69, 9.17) is 9.15 Å². The molecule has 0 aliphatic rings. The number of carbonyl (C=O) groups is 2.